The lowest BCUT2D eigenvalue weighted by molar-refractivity contribution is -0.315. The molecule has 41 heavy (non-hydrogen) atoms. The zero-order chi connectivity index (χ0) is 29.7. The van der Waals surface area contributed by atoms with Gasteiger partial charge in [0.15, 0.2) is 6.29 Å². The fourth-order valence-electron chi connectivity index (χ4n) is 10.2. The fourth-order valence-corrected chi connectivity index (χ4v) is 10.2. The normalized spacial score (nSPS) is 47.9. The van der Waals surface area contributed by atoms with Gasteiger partial charge in [-0.05, 0) is 110 Å². The highest BCUT2D eigenvalue weighted by Gasteiger charge is 2.58. The second-order valence-electron chi connectivity index (χ2n) is 15.3. The van der Waals surface area contributed by atoms with Crippen molar-refractivity contribution in [1.29, 1.82) is 0 Å². The Kier molecular flexibility index (Phi) is 9.51. The van der Waals surface area contributed by atoms with Gasteiger partial charge in [-0.1, -0.05) is 65.3 Å². The molecule has 0 amide bonds. The van der Waals surface area contributed by atoms with E-state index >= 15 is 0 Å². The van der Waals surface area contributed by atoms with E-state index in [1.807, 2.05) is 0 Å². The first-order chi connectivity index (χ1) is 19.4. The molecule has 3 saturated carbocycles. The molecule has 6 nitrogen and oxygen atoms in total. The van der Waals surface area contributed by atoms with Crippen LogP contribution in [0.4, 0.5) is 0 Å². The number of ether oxygens (including phenoxy) is 2. The van der Waals surface area contributed by atoms with Crippen LogP contribution in [0.5, 0.6) is 0 Å². The Balaban J connectivity index is 1.26. The van der Waals surface area contributed by atoms with E-state index in [0.717, 1.165) is 31.6 Å². The van der Waals surface area contributed by atoms with Gasteiger partial charge < -0.3 is 29.9 Å². The van der Waals surface area contributed by atoms with Crippen LogP contribution in [0, 0.1) is 52.3 Å². The largest absolute Gasteiger partial charge is 0.394 e. The van der Waals surface area contributed by atoms with Crippen LogP contribution in [0.15, 0.2) is 23.8 Å². The summed E-state index contributed by atoms with van der Waals surface area (Å²) in [4.78, 5) is 0. The quantitative estimate of drug-likeness (QED) is 0.281. The summed E-state index contributed by atoms with van der Waals surface area (Å²) in [6, 6.07) is 0. The van der Waals surface area contributed by atoms with Crippen LogP contribution < -0.4 is 0 Å². The summed E-state index contributed by atoms with van der Waals surface area (Å²) in [5, 5.41) is 40.4. The summed E-state index contributed by atoms with van der Waals surface area (Å²) in [5.41, 5.74) is 2.41. The van der Waals surface area contributed by atoms with Gasteiger partial charge in [0.2, 0.25) is 0 Å². The second kappa shape index (κ2) is 12.3. The van der Waals surface area contributed by atoms with E-state index in [2.05, 4.69) is 59.8 Å². The summed E-state index contributed by atoms with van der Waals surface area (Å²) in [6.07, 6.45) is 12.0. The van der Waals surface area contributed by atoms with E-state index in [4.69, 9.17) is 9.47 Å². The molecule has 0 aromatic carbocycles. The molecule has 0 aromatic heterocycles. The van der Waals surface area contributed by atoms with Crippen LogP contribution in [0.25, 0.3) is 0 Å². The molecule has 1 saturated heterocycles. The van der Waals surface area contributed by atoms with Gasteiger partial charge in [0.05, 0.1) is 12.7 Å². The summed E-state index contributed by atoms with van der Waals surface area (Å²) >= 11 is 0. The monoisotopic (exact) mass is 574 g/mol. The molecule has 234 valence electrons. The van der Waals surface area contributed by atoms with Gasteiger partial charge in [0.25, 0.3) is 0 Å². The van der Waals surface area contributed by atoms with Crippen LogP contribution in [0.3, 0.4) is 0 Å². The number of allylic oxidation sites excluding steroid dienone is 4. The molecule has 0 unspecified atom stereocenters. The summed E-state index contributed by atoms with van der Waals surface area (Å²) in [6.45, 7) is 14.2. The first kappa shape index (κ1) is 31.7. The number of rotatable bonds is 8. The van der Waals surface area contributed by atoms with Crippen LogP contribution >= 0.6 is 0 Å². The minimum atomic E-state index is -1.40. The summed E-state index contributed by atoms with van der Waals surface area (Å²) in [7, 11) is 0. The highest BCUT2D eigenvalue weighted by Crippen LogP contribution is 2.67. The Labute approximate surface area is 248 Å². The molecule has 4 fully saturated rings. The van der Waals surface area contributed by atoms with Crippen molar-refractivity contribution in [3.8, 4) is 0 Å². The van der Waals surface area contributed by atoms with Gasteiger partial charge in [-0.3, -0.25) is 0 Å². The molecule has 1 aliphatic heterocycles. The van der Waals surface area contributed by atoms with E-state index in [-0.39, 0.29) is 11.5 Å². The third kappa shape index (κ3) is 5.64. The maximum atomic E-state index is 10.5. The summed E-state index contributed by atoms with van der Waals surface area (Å²) < 4.78 is 11.9. The van der Waals surface area contributed by atoms with Crippen LogP contribution in [-0.2, 0) is 9.47 Å². The highest BCUT2D eigenvalue weighted by molar-refractivity contribution is 5.28. The molecular weight excluding hydrogens is 516 g/mol. The predicted octanol–water partition coefficient (Wildman–Crippen LogP) is 5.63. The lowest BCUT2D eigenvalue weighted by atomic mass is 9.47. The molecular formula is C35H58O6. The lowest BCUT2D eigenvalue weighted by Gasteiger charge is -2.58. The molecule has 4 N–H and O–H groups in total. The van der Waals surface area contributed by atoms with Gasteiger partial charge >= 0.3 is 0 Å². The van der Waals surface area contributed by atoms with Crippen molar-refractivity contribution in [2.24, 2.45) is 52.3 Å². The fraction of sp³-hybridized carbons (Fsp3) is 0.886. The van der Waals surface area contributed by atoms with Crippen LogP contribution in [0.1, 0.15) is 99.3 Å². The Hall–Kier alpha value is -0.760. The molecule has 1 heterocycles. The molecule has 5 aliphatic rings. The standard InChI is InChI=1S/C35H58O6/c1-7-22(20(2)3)9-8-21(4)26-12-13-27-25-11-10-23-18-24(14-16-34(23,5)28(25)15-17-35(26,27)6)40-33-32(39)31(38)30(37)29(19-36)41-33/h8-9,11,20-24,26-33,36-39H,7,10,12-19H2,1-6H3/b9-8+/t21-,22-,23+,24-,26-,27+,28+,29-,30-,31+,32-,33-,34+,35-/m1/s1. The van der Waals surface area contributed by atoms with Crippen molar-refractivity contribution in [1.82, 2.24) is 0 Å². The SMILES string of the molecule is CC[C@H](/C=C/[C@@H](C)[C@H]1CC[C@H]2C3=CC[C@H]4C[C@H](O[C@@H]5O[C@H](CO)[C@@H](O)[C@H](O)[C@H]5O)CC[C@]4(C)[C@H]3CC[C@]12C)C(C)C. The topological polar surface area (TPSA) is 99.4 Å². The van der Waals surface area contributed by atoms with Gasteiger partial charge in [0, 0.05) is 0 Å². The van der Waals surface area contributed by atoms with Crippen molar-refractivity contribution in [3.05, 3.63) is 23.8 Å². The van der Waals surface area contributed by atoms with E-state index in [1.165, 1.54) is 32.1 Å². The summed E-state index contributed by atoms with van der Waals surface area (Å²) in [5.74, 6) is 4.61. The van der Waals surface area contributed by atoms with Gasteiger partial charge in [-0.15, -0.1) is 0 Å². The number of fused-ring (bicyclic) bond motifs is 5. The van der Waals surface area contributed by atoms with E-state index in [9.17, 15) is 20.4 Å². The Morgan fingerprint density at radius 2 is 1.66 bits per heavy atom. The smallest absolute Gasteiger partial charge is 0.186 e. The maximum Gasteiger partial charge on any atom is 0.186 e. The molecule has 5 rings (SSSR count). The first-order valence-electron chi connectivity index (χ1n) is 16.8. The molecule has 0 bridgehead atoms. The number of hydrogen-bond acceptors (Lipinski definition) is 6. The number of aliphatic hydroxyl groups is 4. The Morgan fingerprint density at radius 1 is 0.951 bits per heavy atom. The highest BCUT2D eigenvalue weighted by atomic mass is 16.7. The molecule has 4 aliphatic carbocycles. The van der Waals surface area contributed by atoms with Gasteiger partial charge in [0.1, 0.15) is 24.4 Å². The first-order valence-corrected chi connectivity index (χ1v) is 16.8. The molecule has 14 atom stereocenters. The Bertz CT molecular complexity index is 960. The van der Waals surface area contributed by atoms with Crippen molar-refractivity contribution in [2.45, 2.75) is 136 Å². The zero-order valence-corrected chi connectivity index (χ0v) is 26.4. The average molecular weight is 575 g/mol. The number of aliphatic hydroxyl groups excluding tert-OH is 4. The van der Waals surface area contributed by atoms with Crippen LogP contribution in [0.2, 0.25) is 0 Å². The third-order valence-electron chi connectivity index (χ3n) is 12.9. The van der Waals surface area contributed by atoms with Crippen molar-refractivity contribution < 1.29 is 29.9 Å². The van der Waals surface area contributed by atoms with Crippen molar-refractivity contribution >= 4 is 0 Å². The Morgan fingerprint density at radius 3 is 2.34 bits per heavy atom. The second-order valence-corrected chi connectivity index (χ2v) is 15.3. The lowest BCUT2D eigenvalue weighted by Crippen LogP contribution is -2.60. The van der Waals surface area contributed by atoms with Gasteiger partial charge in [-0.25, -0.2) is 0 Å². The minimum Gasteiger partial charge on any atom is -0.394 e. The average Bonchev–Trinajstić information content (AvgIpc) is 3.30. The minimum absolute atomic E-state index is 0.0698. The molecule has 0 radical (unpaired) electrons. The predicted molar refractivity (Wildman–Crippen MR) is 161 cm³/mol. The third-order valence-corrected chi connectivity index (χ3v) is 12.9. The van der Waals surface area contributed by atoms with E-state index in [0.29, 0.717) is 40.9 Å². The van der Waals surface area contributed by atoms with Crippen LogP contribution in [-0.4, -0.2) is 63.8 Å². The van der Waals surface area contributed by atoms with E-state index < -0.39 is 37.3 Å². The molecule has 0 aromatic rings. The molecule has 6 heteroatoms. The van der Waals surface area contributed by atoms with Crippen molar-refractivity contribution in [2.75, 3.05) is 6.61 Å². The van der Waals surface area contributed by atoms with E-state index in [1.54, 1.807) is 5.57 Å². The molecule has 0 spiro atoms. The zero-order valence-electron chi connectivity index (χ0n) is 26.4. The number of hydrogen-bond donors (Lipinski definition) is 4. The van der Waals surface area contributed by atoms with Gasteiger partial charge in [-0.2, -0.15) is 0 Å². The van der Waals surface area contributed by atoms with Crippen molar-refractivity contribution in [3.63, 3.8) is 0 Å². The maximum absolute atomic E-state index is 10.5.